The maximum atomic E-state index is 3.73. The number of likely N-dealkylation sites (N-methyl/N-ethyl adjacent to an activating group) is 2. The van der Waals surface area contributed by atoms with Crippen LogP contribution in [0.2, 0.25) is 0 Å². The molecule has 16 heavy (non-hydrogen) atoms. The van der Waals surface area contributed by atoms with E-state index < -0.39 is 0 Å². The fourth-order valence-electron chi connectivity index (χ4n) is 3.22. The van der Waals surface area contributed by atoms with E-state index in [2.05, 4.69) is 44.8 Å². The quantitative estimate of drug-likeness (QED) is 0.718. The summed E-state index contributed by atoms with van der Waals surface area (Å²) in [5.41, 5.74) is 0.282. The predicted octanol–water partition coefficient (Wildman–Crippen LogP) is 2.89. The van der Waals surface area contributed by atoms with Crippen molar-refractivity contribution in [1.29, 1.82) is 0 Å². The van der Waals surface area contributed by atoms with Crippen molar-refractivity contribution in [3.05, 3.63) is 0 Å². The number of hydrogen-bond acceptors (Lipinski definition) is 2. The Morgan fingerprint density at radius 1 is 1.19 bits per heavy atom. The molecule has 0 amide bonds. The molecule has 1 atom stereocenters. The molecule has 96 valence electrons. The summed E-state index contributed by atoms with van der Waals surface area (Å²) in [6.45, 7) is 15.0. The first-order valence-corrected chi connectivity index (χ1v) is 7.06. The minimum atomic E-state index is 0.282. The lowest BCUT2D eigenvalue weighted by Gasteiger charge is -2.49. The maximum Gasteiger partial charge on any atom is 0.0308 e. The summed E-state index contributed by atoms with van der Waals surface area (Å²) in [6.07, 6.45) is 4.27. The molecule has 1 unspecified atom stereocenters. The summed E-state index contributed by atoms with van der Waals surface area (Å²) in [7, 11) is 0. The second-order valence-corrected chi connectivity index (χ2v) is 5.55. The van der Waals surface area contributed by atoms with Gasteiger partial charge in [-0.2, -0.15) is 0 Å². The van der Waals surface area contributed by atoms with E-state index in [1.165, 1.54) is 19.3 Å². The van der Waals surface area contributed by atoms with Gasteiger partial charge < -0.3 is 5.32 Å². The third-order valence-corrected chi connectivity index (χ3v) is 4.38. The van der Waals surface area contributed by atoms with Crippen molar-refractivity contribution in [2.45, 2.75) is 65.5 Å². The van der Waals surface area contributed by atoms with Crippen LogP contribution < -0.4 is 5.32 Å². The smallest absolute Gasteiger partial charge is 0.0308 e. The van der Waals surface area contributed by atoms with Gasteiger partial charge in [0.1, 0.15) is 0 Å². The first-order valence-electron chi connectivity index (χ1n) is 7.06. The Morgan fingerprint density at radius 2 is 1.75 bits per heavy atom. The minimum absolute atomic E-state index is 0.282. The minimum Gasteiger partial charge on any atom is -0.312 e. The molecule has 1 rings (SSSR count). The first kappa shape index (κ1) is 14.0. The molecule has 1 fully saturated rings. The van der Waals surface area contributed by atoms with E-state index in [1.54, 1.807) is 0 Å². The Hall–Kier alpha value is -0.0800. The van der Waals surface area contributed by atoms with Crippen LogP contribution in [0.25, 0.3) is 0 Å². The van der Waals surface area contributed by atoms with Crippen molar-refractivity contribution >= 4 is 0 Å². The molecule has 2 nitrogen and oxygen atoms in total. The van der Waals surface area contributed by atoms with E-state index in [-0.39, 0.29) is 5.54 Å². The lowest BCUT2D eigenvalue weighted by atomic mass is 9.72. The van der Waals surface area contributed by atoms with Crippen molar-refractivity contribution < 1.29 is 0 Å². The van der Waals surface area contributed by atoms with Crippen LogP contribution in [-0.4, -0.2) is 36.1 Å². The summed E-state index contributed by atoms with van der Waals surface area (Å²) in [4.78, 5) is 2.60. The molecule has 0 aromatic heterocycles. The van der Waals surface area contributed by atoms with Crippen molar-refractivity contribution in [3.8, 4) is 0 Å². The van der Waals surface area contributed by atoms with Crippen LogP contribution in [0.3, 0.4) is 0 Å². The van der Waals surface area contributed by atoms with Crippen molar-refractivity contribution in [2.24, 2.45) is 5.92 Å². The Morgan fingerprint density at radius 3 is 2.06 bits per heavy atom. The molecule has 0 aliphatic heterocycles. The molecule has 0 radical (unpaired) electrons. The average molecular weight is 226 g/mol. The zero-order valence-corrected chi connectivity index (χ0v) is 11.8. The van der Waals surface area contributed by atoms with E-state index in [4.69, 9.17) is 0 Å². The normalized spacial score (nSPS) is 19.9. The molecule has 0 aromatic carbocycles. The second kappa shape index (κ2) is 6.02. The van der Waals surface area contributed by atoms with Crippen molar-refractivity contribution in [2.75, 3.05) is 19.6 Å². The summed E-state index contributed by atoms with van der Waals surface area (Å²) < 4.78 is 0. The van der Waals surface area contributed by atoms with E-state index >= 15 is 0 Å². The Balaban J connectivity index is 2.72. The van der Waals surface area contributed by atoms with E-state index in [0.29, 0.717) is 6.04 Å². The lowest BCUT2D eigenvalue weighted by Crippen LogP contribution is -2.61. The number of nitrogens with zero attached hydrogens (tertiary/aromatic N) is 1. The zero-order valence-electron chi connectivity index (χ0n) is 11.8. The topological polar surface area (TPSA) is 15.3 Å². The SMILES string of the molecule is CCNC(C1CCC1)C(C)(C)N(CC)CC. The van der Waals surface area contributed by atoms with Crippen LogP contribution in [0.5, 0.6) is 0 Å². The predicted molar refractivity (Wildman–Crippen MR) is 71.8 cm³/mol. The largest absolute Gasteiger partial charge is 0.312 e. The number of hydrogen-bond donors (Lipinski definition) is 1. The van der Waals surface area contributed by atoms with Gasteiger partial charge in [-0.15, -0.1) is 0 Å². The lowest BCUT2D eigenvalue weighted by molar-refractivity contribution is 0.0436. The number of nitrogens with one attached hydrogen (secondary N) is 1. The Bertz CT molecular complexity index is 193. The monoisotopic (exact) mass is 226 g/mol. The summed E-state index contributed by atoms with van der Waals surface area (Å²) in [5.74, 6) is 0.899. The zero-order chi connectivity index (χ0) is 12.2. The molecule has 1 N–H and O–H groups in total. The second-order valence-electron chi connectivity index (χ2n) is 5.55. The first-order chi connectivity index (χ1) is 7.57. The van der Waals surface area contributed by atoms with E-state index in [0.717, 1.165) is 25.6 Å². The van der Waals surface area contributed by atoms with Crippen molar-refractivity contribution in [1.82, 2.24) is 10.2 Å². The van der Waals surface area contributed by atoms with Crippen LogP contribution in [0.15, 0.2) is 0 Å². The Labute approximate surface area is 102 Å². The van der Waals surface area contributed by atoms with Gasteiger partial charge in [0.2, 0.25) is 0 Å². The fourth-order valence-corrected chi connectivity index (χ4v) is 3.22. The highest BCUT2D eigenvalue weighted by Crippen LogP contribution is 2.36. The van der Waals surface area contributed by atoms with Gasteiger partial charge in [0, 0.05) is 11.6 Å². The molecule has 0 spiro atoms. The van der Waals surface area contributed by atoms with E-state index in [1.807, 2.05) is 0 Å². The molecular formula is C14H30N2. The van der Waals surface area contributed by atoms with Crippen LogP contribution in [0, 0.1) is 5.92 Å². The highest BCUT2D eigenvalue weighted by molar-refractivity contribution is 4.98. The van der Waals surface area contributed by atoms with Gasteiger partial charge in [-0.3, -0.25) is 4.90 Å². The van der Waals surface area contributed by atoms with Crippen molar-refractivity contribution in [3.63, 3.8) is 0 Å². The summed E-state index contributed by atoms with van der Waals surface area (Å²) >= 11 is 0. The molecule has 0 heterocycles. The molecule has 0 saturated heterocycles. The molecule has 1 aliphatic rings. The number of rotatable bonds is 7. The van der Waals surface area contributed by atoms with Gasteiger partial charge in [0.05, 0.1) is 0 Å². The van der Waals surface area contributed by atoms with Crippen LogP contribution in [0.1, 0.15) is 53.9 Å². The standard InChI is InChI=1S/C14H30N2/c1-6-15-13(12-10-9-11-12)14(4,5)16(7-2)8-3/h12-13,15H,6-11H2,1-5H3. The van der Waals surface area contributed by atoms with E-state index in [9.17, 15) is 0 Å². The highest BCUT2D eigenvalue weighted by Gasteiger charge is 2.40. The summed E-state index contributed by atoms with van der Waals surface area (Å²) in [6, 6.07) is 0.658. The molecule has 2 heteroatoms. The molecule has 0 bridgehead atoms. The molecule has 1 saturated carbocycles. The molecule has 1 aliphatic carbocycles. The average Bonchev–Trinajstić information content (AvgIpc) is 2.16. The van der Waals surface area contributed by atoms with Gasteiger partial charge in [0.15, 0.2) is 0 Å². The fraction of sp³-hybridized carbons (Fsp3) is 1.00. The maximum absolute atomic E-state index is 3.73. The van der Waals surface area contributed by atoms with Gasteiger partial charge in [-0.05, 0) is 52.2 Å². The van der Waals surface area contributed by atoms with Gasteiger partial charge in [-0.25, -0.2) is 0 Å². The van der Waals surface area contributed by atoms with Gasteiger partial charge in [0.25, 0.3) is 0 Å². The Kier molecular flexibility index (Phi) is 5.26. The van der Waals surface area contributed by atoms with Gasteiger partial charge in [-0.1, -0.05) is 27.2 Å². The van der Waals surface area contributed by atoms with Crippen LogP contribution >= 0.6 is 0 Å². The van der Waals surface area contributed by atoms with Crippen LogP contribution in [0.4, 0.5) is 0 Å². The highest BCUT2D eigenvalue weighted by atomic mass is 15.2. The third kappa shape index (κ3) is 2.78. The van der Waals surface area contributed by atoms with Crippen LogP contribution in [-0.2, 0) is 0 Å². The molecule has 0 aromatic rings. The molecular weight excluding hydrogens is 196 g/mol. The summed E-state index contributed by atoms with van der Waals surface area (Å²) in [5, 5.41) is 3.73. The van der Waals surface area contributed by atoms with Gasteiger partial charge >= 0.3 is 0 Å². The third-order valence-electron chi connectivity index (χ3n) is 4.38.